The number of nitrogens with one attached hydrogen (secondary N) is 3. The van der Waals surface area contributed by atoms with Crippen LogP contribution in [0.1, 0.15) is 25.3 Å². The van der Waals surface area contributed by atoms with Crippen LogP contribution in [-0.2, 0) is 32.1 Å². The molecule has 0 radical (unpaired) electrons. The van der Waals surface area contributed by atoms with Crippen molar-refractivity contribution in [1.29, 1.82) is 0 Å². The number of esters is 1. The molecule has 0 bridgehead atoms. The van der Waals surface area contributed by atoms with Gasteiger partial charge in [-0.15, -0.1) is 0 Å². The number of non-ortho nitro benzene ring substituents is 1. The minimum atomic E-state index is -1.22. The zero-order valence-corrected chi connectivity index (χ0v) is 22.2. The maximum Gasteiger partial charge on any atom is 0.328 e. The van der Waals surface area contributed by atoms with Gasteiger partial charge in [0.1, 0.15) is 18.1 Å². The number of rotatable bonds is 11. The average Bonchev–Trinajstić information content (AvgIpc) is 3.42. The third-order valence-corrected chi connectivity index (χ3v) is 6.73. The molecular weight excluding hydrogens is 516 g/mol. The smallest absolute Gasteiger partial charge is 0.328 e. The van der Waals surface area contributed by atoms with E-state index < -0.39 is 34.3 Å². The molecule has 40 heavy (non-hydrogen) atoms. The van der Waals surface area contributed by atoms with Crippen molar-refractivity contribution in [2.45, 2.75) is 44.3 Å². The molecule has 1 aliphatic heterocycles. The van der Waals surface area contributed by atoms with Gasteiger partial charge in [0, 0.05) is 30.3 Å². The van der Waals surface area contributed by atoms with Crippen molar-refractivity contribution >= 4 is 23.5 Å². The van der Waals surface area contributed by atoms with Gasteiger partial charge in [-0.25, -0.2) is 4.79 Å². The largest absolute Gasteiger partial charge is 0.464 e. The first kappa shape index (κ1) is 28.4. The molecule has 1 aliphatic rings. The van der Waals surface area contributed by atoms with Crippen molar-refractivity contribution in [3.05, 3.63) is 82.5 Å². The van der Waals surface area contributed by atoms with E-state index in [0.717, 1.165) is 5.56 Å². The Kier molecular flexibility index (Phi) is 9.23. The molecule has 2 aromatic carbocycles. The van der Waals surface area contributed by atoms with Crippen LogP contribution in [0.25, 0.3) is 11.3 Å². The third-order valence-electron chi connectivity index (χ3n) is 6.73. The first-order valence-corrected chi connectivity index (χ1v) is 13.1. The maximum atomic E-state index is 13.7. The molecular formula is C28H32N6O6. The summed E-state index contributed by atoms with van der Waals surface area (Å²) in [5.74, 6) is -1.42. The van der Waals surface area contributed by atoms with E-state index in [1.54, 1.807) is 31.3 Å². The van der Waals surface area contributed by atoms with Crippen LogP contribution < -0.4 is 16.0 Å². The van der Waals surface area contributed by atoms with Crippen LogP contribution >= 0.6 is 0 Å². The second-order valence-electron chi connectivity index (χ2n) is 9.55. The van der Waals surface area contributed by atoms with E-state index in [-0.39, 0.29) is 25.3 Å². The topological polar surface area (TPSA) is 157 Å². The molecule has 4 rings (SSSR count). The molecule has 0 aliphatic carbocycles. The summed E-state index contributed by atoms with van der Waals surface area (Å²) in [5.41, 5.74) is 0.606. The molecule has 3 aromatic rings. The van der Waals surface area contributed by atoms with E-state index in [0.29, 0.717) is 37.2 Å². The highest BCUT2D eigenvalue weighted by Crippen LogP contribution is 2.23. The van der Waals surface area contributed by atoms with E-state index in [1.165, 1.54) is 16.8 Å². The van der Waals surface area contributed by atoms with Crippen LogP contribution in [0, 0.1) is 10.1 Å². The monoisotopic (exact) mass is 548 g/mol. The lowest BCUT2D eigenvalue weighted by Crippen LogP contribution is -2.65. The fraction of sp³-hybridized carbons (Fsp3) is 0.357. The SMILES string of the molecule is CCOC(=O)C(Cc1ccccc1)NC(=O)C1(NC(=O)Cn2ccc(-c3cccc([N+](=O)[O-])c3)n2)CCNCC1. The summed E-state index contributed by atoms with van der Waals surface area (Å²) >= 11 is 0. The molecule has 12 nitrogen and oxygen atoms in total. The van der Waals surface area contributed by atoms with Gasteiger partial charge in [-0.05, 0) is 44.5 Å². The number of nitro groups is 1. The Morgan fingerprint density at radius 3 is 2.58 bits per heavy atom. The second kappa shape index (κ2) is 13.0. The van der Waals surface area contributed by atoms with Crippen molar-refractivity contribution < 1.29 is 24.0 Å². The van der Waals surface area contributed by atoms with Gasteiger partial charge in [-0.3, -0.25) is 24.4 Å². The Bertz CT molecular complexity index is 1350. The predicted octanol–water partition coefficient (Wildman–Crippen LogP) is 1.99. The highest BCUT2D eigenvalue weighted by Gasteiger charge is 2.42. The van der Waals surface area contributed by atoms with Crippen molar-refractivity contribution in [3.63, 3.8) is 0 Å². The highest BCUT2D eigenvalue weighted by atomic mass is 16.6. The minimum Gasteiger partial charge on any atom is -0.464 e. The van der Waals surface area contributed by atoms with Gasteiger partial charge >= 0.3 is 5.97 Å². The molecule has 1 unspecified atom stereocenters. The number of hydrogen-bond acceptors (Lipinski definition) is 8. The number of benzene rings is 2. The number of carbonyl (C=O) groups excluding carboxylic acids is 3. The van der Waals surface area contributed by atoms with E-state index in [4.69, 9.17) is 4.74 Å². The zero-order valence-electron chi connectivity index (χ0n) is 22.2. The Hall–Kier alpha value is -4.58. The minimum absolute atomic E-state index is 0.0583. The molecule has 210 valence electrons. The fourth-order valence-electron chi connectivity index (χ4n) is 4.68. The number of amides is 2. The lowest BCUT2D eigenvalue weighted by Gasteiger charge is -2.37. The van der Waals surface area contributed by atoms with E-state index in [9.17, 15) is 24.5 Å². The molecule has 1 aromatic heterocycles. The lowest BCUT2D eigenvalue weighted by molar-refractivity contribution is -0.384. The van der Waals surface area contributed by atoms with E-state index in [2.05, 4.69) is 21.0 Å². The number of ether oxygens (including phenoxy) is 1. The van der Waals surface area contributed by atoms with Gasteiger partial charge in [0.05, 0.1) is 17.2 Å². The predicted molar refractivity (Wildman–Crippen MR) is 146 cm³/mol. The Morgan fingerprint density at radius 2 is 1.88 bits per heavy atom. The molecule has 2 heterocycles. The number of nitrogens with zero attached hydrogens (tertiary/aromatic N) is 3. The summed E-state index contributed by atoms with van der Waals surface area (Å²) < 4.78 is 6.62. The molecule has 1 atom stereocenters. The number of aromatic nitrogens is 2. The quantitative estimate of drug-likeness (QED) is 0.186. The van der Waals surface area contributed by atoms with Gasteiger partial charge in [0.2, 0.25) is 11.8 Å². The summed E-state index contributed by atoms with van der Waals surface area (Å²) in [6, 6.07) is 16.1. The van der Waals surface area contributed by atoms with Gasteiger partial charge in [0.25, 0.3) is 5.69 Å². The zero-order chi connectivity index (χ0) is 28.5. The molecule has 3 N–H and O–H groups in total. The first-order chi connectivity index (χ1) is 19.3. The van der Waals surface area contributed by atoms with Crippen molar-refractivity contribution in [3.8, 4) is 11.3 Å². The van der Waals surface area contributed by atoms with Gasteiger partial charge < -0.3 is 20.7 Å². The van der Waals surface area contributed by atoms with Crippen LogP contribution in [0.3, 0.4) is 0 Å². The van der Waals surface area contributed by atoms with Gasteiger partial charge in [-0.2, -0.15) is 5.10 Å². The molecule has 2 amide bonds. The fourth-order valence-corrected chi connectivity index (χ4v) is 4.68. The number of carbonyl (C=O) groups is 3. The second-order valence-corrected chi connectivity index (χ2v) is 9.55. The summed E-state index contributed by atoms with van der Waals surface area (Å²) in [5, 5.41) is 24.4. The van der Waals surface area contributed by atoms with E-state index >= 15 is 0 Å². The van der Waals surface area contributed by atoms with Crippen LogP contribution in [0.5, 0.6) is 0 Å². The first-order valence-electron chi connectivity index (χ1n) is 13.1. The molecule has 0 spiro atoms. The Morgan fingerprint density at radius 1 is 1.12 bits per heavy atom. The third kappa shape index (κ3) is 7.08. The van der Waals surface area contributed by atoms with Crippen LogP contribution in [0.4, 0.5) is 5.69 Å². The molecule has 1 fully saturated rings. The number of piperidine rings is 1. The van der Waals surface area contributed by atoms with Gasteiger partial charge in [-0.1, -0.05) is 42.5 Å². The summed E-state index contributed by atoms with van der Waals surface area (Å²) in [7, 11) is 0. The normalized spacial score (nSPS) is 15.0. The van der Waals surface area contributed by atoms with Crippen LogP contribution in [0.2, 0.25) is 0 Å². The van der Waals surface area contributed by atoms with Crippen molar-refractivity contribution in [2.75, 3.05) is 19.7 Å². The van der Waals surface area contributed by atoms with E-state index in [1.807, 2.05) is 30.3 Å². The molecule has 0 saturated carbocycles. The van der Waals surface area contributed by atoms with Crippen molar-refractivity contribution in [1.82, 2.24) is 25.7 Å². The number of nitro benzene ring substituents is 1. The van der Waals surface area contributed by atoms with Crippen LogP contribution in [-0.4, -0.2) is 63.8 Å². The highest BCUT2D eigenvalue weighted by molar-refractivity contribution is 5.94. The summed E-state index contributed by atoms with van der Waals surface area (Å²) in [6.45, 7) is 2.73. The summed E-state index contributed by atoms with van der Waals surface area (Å²) in [6.07, 6.45) is 2.52. The Labute approximate surface area is 231 Å². The van der Waals surface area contributed by atoms with Gasteiger partial charge in [0.15, 0.2) is 0 Å². The average molecular weight is 549 g/mol. The summed E-state index contributed by atoms with van der Waals surface area (Å²) in [4.78, 5) is 50.1. The molecule has 1 saturated heterocycles. The standard InChI is InChI=1S/C28H32N6O6/c1-2-40-26(36)24(17-20-7-4-3-5-8-20)30-27(37)28(12-14-29-15-13-28)31-25(35)19-33-16-11-23(32-33)21-9-6-10-22(18-21)34(38)39/h3-11,16,18,24,29H,2,12-15,17,19H2,1H3,(H,30,37)(H,31,35). The Balaban J connectivity index is 1.47. The number of hydrogen-bond donors (Lipinski definition) is 3. The molecule has 12 heteroatoms. The van der Waals surface area contributed by atoms with Crippen molar-refractivity contribution in [2.24, 2.45) is 0 Å². The lowest BCUT2D eigenvalue weighted by atomic mass is 9.86. The van der Waals surface area contributed by atoms with Crippen LogP contribution in [0.15, 0.2) is 66.9 Å². The maximum absolute atomic E-state index is 13.7.